The molecule has 0 aliphatic heterocycles. The molecule has 3 heteroatoms. The zero-order chi connectivity index (χ0) is 10.4. The quantitative estimate of drug-likeness (QED) is 0.582. The molecule has 0 aromatic carbocycles. The maximum absolute atomic E-state index is 8.91. The Morgan fingerprint density at radius 3 is 2.71 bits per heavy atom. The zero-order valence-corrected chi connectivity index (χ0v) is 9.17. The van der Waals surface area contributed by atoms with Gasteiger partial charge in [0.15, 0.2) is 0 Å². The summed E-state index contributed by atoms with van der Waals surface area (Å²) in [5, 5.41) is 8.91. The first-order valence-corrected chi connectivity index (χ1v) is 5.61. The largest absolute Gasteiger partial charge is 0.394 e. The van der Waals surface area contributed by atoms with Gasteiger partial charge in [-0.1, -0.05) is 12.8 Å². The van der Waals surface area contributed by atoms with Gasteiger partial charge in [0.1, 0.15) is 0 Å². The number of hydrogen-bond acceptors (Lipinski definition) is 3. The van der Waals surface area contributed by atoms with E-state index < -0.39 is 5.54 Å². The molecule has 0 aromatic heterocycles. The maximum atomic E-state index is 8.91. The molecule has 84 valence electrons. The molecule has 14 heavy (non-hydrogen) atoms. The van der Waals surface area contributed by atoms with Gasteiger partial charge in [0, 0.05) is 18.8 Å². The average Bonchev–Trinajstić information content (AvgIpc) is 2.95. The summed E-state index contributed by atoms with van der Waals surface area (Å²) in [6.07, 6.45) is 5.79. The van der Waals surface area contributed by atoms with Crippen LogP contribution in [-0.4, -0.2) is 30.5 Å². The van der Waals surface area contributed by atoms with Crippen molar-refractivity contribution < 1.29 is 9.84 Å². The van der Waals surface area contributed by atoms with Gasteiger partial charge in [0.05, 0.1) is 6.61 Å². The van der Waals surface area contributed by atoms with E-state index in [0.717, 1.165) is 32.0 Å². The molecule has 0 aromatic rings. The molecular formula is C11H23NO2. The van der Waals surface area contributed by atoms with E-state index in [9.17, 15) is 0 Å². The predicted molar refractivity (Wildman–Crippen MR) is 57.1 cm³/mol. The summed E-state index contributed by atoms with van der Waals surface area (Å²) in [6, 6.07) is 0. The van der Waals surface area contributed by atoms with E-state index in [-0.39, 0.29) is 6.61 Å². The van der Waals surface area contributed by atoms with Gasteiger partial charge in [0.2, 0.25) is 0 Å². The Morgan fingerprint density at radius 1 is 1.43 bits per heavy atom. The van der Waals surface area contributed by atoms with Crippen LogP contribution in [0, 0.1) is 5.92 Å². The fraction of sp³-hybridized carbons (Fsp3) is 1.00. The molecule has 0 heterocycles. The van der Waals surface area contributed by atoms with E-state index in [1.54, 1.807) is 0 Å². The molecule has 1 rings (SSSR count). The second kappa shape index (κ2) is 5.69. The van der Waals surface area contributed by atoms with Crippen molar-refractivity contribution in [2.75, 3.05) is 19.8 Å². The fourth-order valence-electron chi connectivity index (χ4n) is 1.42. The average molecular weight is 201 g/mol. The van der Waals surface area contributed by atoms with Crippen molar-refractivity contribution in [3.05, 3.63) is 0 Å². The van der Waals surface area contributed by atoms with Crippen LogP contribution in [0.2, 0.25) is 0 Å². The smallest absolute Gasteiger partial charge is 0.0608 e. The van der Waals surface area contributed by atoms with Gasteiger partial charge in [-0.25, -0.2) is 0 Å². The summed E-state index contributed by atoms with van der Waals surface area (Å²) in [7, 11) is 0. The molecule has 1 aliphatic rings. The van der Waals surface area contributed by atoms with Gasteiger partial charge in [-0.05, 0) is 32.1 Å². The van der Waals surface area contributed by atoms with Crippen molar-refractivity contribution in [1.82, 2.24) is 0 Å². The Morgan fingerprint density at radius 2 is 2.14 bits per heavy atom. The standard InChI is InChI=1S/C11H23NO2/c1-11(12,9-13)6-2-7-14-8-5-10-3-4-10/h10,13H,2-9,12H2,1H3. The highest BCUT2D eigenvalue weighted by atomic mass is 16.5. The van der Waals surface area contributed by atoms with E-state index >= 15 is 0 Å². The Balaban J connectivity index is 1.83. The molecule has 0 saturated heterocycles. The molecule has 0 spiro atoms. The van der Waals surface area contributed by atoms with Crippen molar-refractivity contribution in [3.63, 3.8) is 0 Å². The van der Waals surface area contributed by atoms with Crippen molar-refractivity contribution in [1.29, 1.82) is 0 Å². The van der Waals surface area contributed by atoms with Crippen LogP contribution < -0.4 is 5.73 Å². The Hall–Kier alpha value is -0.120. The fourth-order valence-corrected chi connectivity index (χ4v) is 1.42. The number of nitrogens with two attached hydrogens (primary N) is 1. The van der Waals surface area contributed by atoms with Crippen molar-refractivity contribution in [3.8, 4) is 0 Å². The van der Waals surface area contributed by atoms with Crippen molar-refractivity contribution in [2.45, 2.75) is 44.6 Å². The van der Waals surface area contributed by atoms with Gasteiger partial charge < -0.3 is 15.6 Å². The van der Waals surface area contributed by atoms with Crippen LogP contribution in [0.3, 0.4) is 0 Å². The number of rotatable bonds is 8. The van der Waals surface area contributed by atoms with E-state index in [1.807, 2.05) is 6.92 Å². The van der Waals surface area contributed by atoms with Crippen molar-refractivity contribution >= 4 is 0 Å². The normalized spacial score (nSPS) is 20.8. The van der Waals surface area contributed by atoms with Crippen LogP contribution in [0.5, 0.6) is 0 Å². The lowest BCUT2D eigenvalue weighted by atomic mass is 9.99. The Labute approximate surface area is 86.6 Å². The second-order valence-electron chi connectivity index (χ2n) is 4.76. The number of aliphatic hydroxyl groups is 1. The molecule has 1 atom stereocenters. The van der Waals surface area contributed by atoms with E-state index in [0.29, 0.717) is 0 Å². The van der Waals surface area contributed by atoms with Crippen LogP contribution in [0.15, 0.2) is 0 Å². The first-order chi connectivity index (χ1) is 6.64. The molecular weight excluding hydrogens is 178 g/mol. The van der Waals surface area contributed by atoms with Gasteiger partial charge in [-0.2, -0.15) is 0 Å². The minimum absolute atomic E-state index is 0.0507. The van der Waals surface area contributed by atoms with Gasteiger partial charge in [0.25, 0.3) is 0 Å². The van der Waals surface area contributed by atoms with Crippen LogP contribution >= 0.6 is 0 Å². The Bertz CT molecular complexity index is 155. The molecule has 3 nitrogen and oxygen atoms in total. The summed E-state index contributed by atoms with van der Waals surface area (Å²) in [6.45, 7) is 3.59. The predicted octanol–water partition coefficient (Wildman–Crippen LogP) is 1.29. The molecule has 1 aliphatic carbocycles. The number of aliphatic hydroxyl groups excluding tert-OH is 1. The summed E-state index contributed by atoms with van der Waals surface area (Å²) in [5.41, 5.74) is 5.35. The summed E-state index contributed by atoms with van der Waals surface area (Å²) in [5.74, 6) is 0.951. The lowest BCUT2D eigenvalue weighted by Crippen LogP contribution is -2.40. The molecule has 0 amide bonds. The van der Waals surface area contributed by atoms with Gasteiger partial charge in [-0.3, -0.25) is 0 Å². The van der Waals surface area contributed by atoms with E-state index in [2.05, 4.69) is 0 Å². The highest BCUT2D eigenvalue weighted by Crippen LogP contribution is 2.32. The van der Waals surface area contributed by atoms with Gasteiger partial charge >= 0.3 is 0 Å². The van der Waals surface area contributed by atoms with Crippen LogP contribution in [-0.2, 0) is 4.74 Å². The lowest BCUT2D eigenvalue weighted by molar-refractivity contribution is 0.113. The third-order valence-electron chi connectivity index (χ3n) is 2.77. The maximum Gasteiger partial charge on any atom is 0.0608 e. The molecule has 1 fully saturated rings. The lowest BCUT2D eigenvalue weighted by Gasteiger charge is -2.21. The molecule has 1 saturated carbocycles. The summed E-state index contributed by atoms with van der Waals surface area (Å²) < 4.78 is 5.49. The second-order valence-corrected chi connectivity index (χ2v) is 4.76. The number of hydrogen-bond donors (Lipinski definition) is 2. The monoisotopic (exact) mass is 201 g/mol. The third kappa shape index (κ3) is 5.58. The van der Waals surface area contributed by atoms with Crippen LogP contribution in [0.1, 0.15) is 39.0 Å². The highest BCUT2D eigenvalue weighted by molar-refractivity contribution is 4.76. The van der Waals surface area contributed by atoms with Crippen molar-refractivity contribution in [2.24, 2.45) is 11.7 Å². The minimum atomic E-state index is -0.431. The number of ether oxygens (including phenoxy) is 1. The molecule has 1 unspecified atom stereocenters. The Kier molecular flexibility index (Phi) is 4.85. The molecule has 3 N–H and O–H groups in total. The van der Waals surface area contributed by atoms with E-state index in [4.69, 9.17) is 15.6 Å². The summed E-state index contributed by atoms with van der Waals surface area (Å²) >= 11 is 0. The third-order valence-corrected chi connectivity index (χ3v) is 2.77. The summed E-state index contributed by atoms with van der Waals surface area (Å²) in [4.78, 5) is 0. The van der Waals surface area contributed by atoms with E-state index in [1.165, 1.54) is 19.3 Å². The molecule has 0 bridgehead atoms. The molecule has 0 radical (unpaired) electrons. The SMILES string of the molecule is CC(N)(CO)CCCOCCC1CC1. The van der Waals surface area contributed by atoms with Crippen LogP contribution in [0.25, 0.3) is 0 Å². The topological polar surface area (TPSA) is 55.5 Å². The first-order valence-electron chi connectivity index (χ1n) is 5.61. The zero-order valence-electron chi connectivity index (χ0n) is 9.17. The first kappa shape index (κ1) is 12.0. The van der Waals surface area contributed by atoms with Gasteiger partial charge in [-0.15, -0.1) is 0 Å². The highest BCUT2D eigenvalue weighted by Gasteiger charge is 2.20. The minimum Gasteiger partial charge on any atom is -0.394 e. The van der Waals surface area contributed by atoms with Crippen LogP contribution in [0.4, 0.5) is 0 Å².